The number of nitrogens with one attached hydrogen (secondary N) is 2. The predicted molar refractivity (Wildman–Crippen MR) is 119 cm³/mol. The summed E-state index contributed by atoms with van der Waals surface area (Å²) in [6.07, 6.45) is 0. The van der Waals surface area contributed by atoms with Gasteiger partial charge in [-0.1, -0.05) is 48.5 Å². The van der Waals surface area contributed by atoms with E-state index in [2.05, 4.69) is 15.0 Å². The van der Waals surface area contributed by atoms with Gasteiger partial charge in [0.25, 0.3) is 5.91 Å². The van der Waals surface area contributed by atoms with Crippen molar-refractivity contribution in [2.75, 3.05) is 0 Å². The Balaban J connectivity index is 1.45. The summed E-state index contributed by atoms with van der Waals surface area (Å²) in [6.45, 7) is 0.402. The Kier molecular flexibility index (Phi) is 5.83. The Morgan fingerprint density at radius 1 is 0.935 bits per heavy atom. The third kappa shape index (κ3) is 4.65. The van der Waals surface area contributed by atoms with Crippen LogP contribution in [0.25, 0.3) is 11.0 Å². The smallest absolute Gasteiger partial charge is 0.251 e. The number of sulfonamides is 1. The van der Waals surface area contributed by atoms with Gasteiger partial charge in [0, 0.05) is 19.2 Å². The Morgan fingerprint density at radius 3 is 2.45 bits per heavy atom. The molecule has 1 amide bonds. The van der Waals surface area contributed by atoms with Crippen LogP contribution in [0, 0.1) is 0 Å². The number of fused-ring (bicyclic) bond motifs is 1. The van der Waals surface area contributed by atoms with Gasteiger partial charge in [-0.15, -0.1) is 0 Å². The SMILES string of the molecule is Cn1c(CNC(=O)c2cccc(S(=O)(=O)NCc3ccccc3)c2)nc2ccccc21. The molecular weight excluding hydrogens is 412 g/mol. The van der Waals surface area contributed by atoms with Crippen molar-refractivity contribution in [1.29, 1.82) is 0 Å². The van der Waals surface area contributed by atoms with Crippen LogP contribution in [0.2, 0.25) is 0 Å². The van der Waals surface area contributed by atoms with Crippen molar-refractivity contribution in [2.45, 2.75) is 18.0 Å². The van der Waals surface area contributed by atoms with E-state index in [1.54, 1.807) is 12.1 Å². The molecule has 0 aliphatic carbocycles. The average molecular weight is 435 g/mol. The maximum absolute atomic E-state index is 12.6. The third-order valence-electron chi connectivity index (χ3n) is 5.00. The van der Waals surface area contributed by atoms with E-state index in [-0.39, 0.29) is 29.5 Å². The fourth-order valence-corrected chi connectivity index (χ4v) is 4.34. The van der Waals surface area contributed by atoms with Gasteiger partial charge in [-0.25, -0.2) is 18.1 Å². The number of amides is 1. The molecule has 0 saturated carbocycles. The number of hydrogen-bond donors (Lipinski definition) is 2. The standard InChI is InChI=1S/C23H22N4O3S/c1-27-21-13-6-5-12-20(21)26-22(27)16-24-23(28)18-10-7-11-19(14-18)31(29,30)25-15-17-8-3-2-4-9-17/h2-14,25H,15-16H2,1H3,(H,24,28). The lowest BCUT2D eigenvalue weighted by molar-refractivity contribution is 0.0949. The number of hydrogen-bond acceptors (Lipinski definition) is 4. The zero-order chi connectivity index (χ0) is 21.8. The molecule has 158 valence electrons. The molecule has 0 radical (unpaired) electrons. The molecule has 7 nitrogen and oxygen atoms in total. The Bertz CT molecular complexity index is 1330. The summed E-state index contributed by atoms with van der Waals surface area (Å²) in [4.78, 5) is 17.2. The zero-order valence-corrected chi connectivity index (χ0v) is 17.8. The fourth-order valence-electron chi connectivity index (χ4n) is 3.28. The number of carbonyl (C=O) groups is 1. The second-order valence-electron chi connectivity index (χ2n) is 7.10. The fraction of sp³-hybridized carbons (Fsp3) is 0.130. The predicted octanol–water partition coefficient (Wildman–Crippen LogP) is 2.98. The lowest BCUT2D eigenvalue weighted by Gasteiger charge is -2.09. The molecule has 1 aromatic heterocycles. The number of imidazole rings is 1. The van der Waals surface area contributed by atoms with Crippen molar-refractivity contribution in [2.24, 2.45) is 7.05 Å². The van der Waals surface area contributed by atoms with Gasteiger partial charge in [-0.2, -0.15) is 0 Å². The number of rotatable bonds is 7. The minimum absolute atomic E-state index is 0.0406. The number of aromatic nitrogens is 2. The summed E-state index contributed by atoms with van der Waals surface area (Å²) in [5, 5.41) is 2.82. The van der Waals surface area contributed by atoms with E-state index < -0.39 is 10.0 Å². The summed E-state index contributed by atoms with van der Waals surface area (Å²) >= 11 is 0. The van der Waals surface area contributed by atoms with Crippen LogP contribution in [-0.2, 0) is 30.2 Å². The van der Waals surface area contributed by atoms with Crippen LogP contribution in [0.5, 0.6) is 0 Å². The van der Waals surface area contributed by atoms with Gasteiger partial charge in [0.1, 0.15) is 5.82 Å². The normalized spacial score (nSPS) is 11.5. The van der Waals surface area contributed by atoms with E-state index in [0.717, 1.165) is 16.6 Å². The van der Waals surface area contributed by atoms with Crippen LogP contribution in [0.4, 0.5) is 0 Å². The summed E-state index contributed by atoms with van der Waals surface area (Å²) in [5.74, 6) is 0.343. The van der Waals surface area contributed by atoms with Crippen molar-refractivity contribution in [1.82, 2.24) is 19.6 Å². The molecule has 2 N–H and O–H groups in total. The van der Waals surface area contributed by atoms with Crippen molar-refractivity contribution in [3.8, 4) is 0 Å². The van der Waals surface area contributed by atoms with Crippen LogP contribution >= 0.6 is 0 Å². The quantitative estimate of drug-likeness (QED) is 0.468. The first-order chi connectivity index (χ1) is 14.9. The van der Waals surface area contributed by atoms with E-state index >= 15 is 0 Å². The van der Waals surface area contributed by atoms with Crippen LogP contribution in [-0.4, -0.2) is 23.9 Å². The number of nitrogens with zero attached hydrogens (tertiary/aromatic N) is 2. The highest BCUT2D eigenvalue weighted by molar-refractivity contribution is 7.89. The lowest BCUT2D eigenvalue weighted by atomic mass is 10.2. The summed E-state index contributed by atoms with van der Waals surface area (Å²) in [7, 11) is -1.86. The second-order valence-corrected chi connectivity index (χ2v) is 8.86. The molecule has 0 spiro atoms. The van der Waals surface area contributed by atoms with E-state index in [9.17, 15) is 13.2 Å². The molecule has 0 unspecified atom stereocenters. The van der Waals surface area contributed by atoms with Gasteiger partial charge >= 0.3 is 0 Å². The second kappa shape index (κ2) is 8.71. The van der Waals surface area contributed by atoms with Gasteiger partial charge < -0.3 is 9.88 Å². The number of benzene rings is 3. The monoisotopic (exact) mass is 434 g/mol. The van der Waals surface area contributed by atoms with Gasteiger partial charge in [0.2, 0.25) is 10.0 Å². The van der Waals surface area contributed by atoms with Crippen LogP contribution in [0.15, 0.2) is 83.8 Å². The molecule has 0 aliphatic heterocycles. The zero-order valence-electron chi connectivity index (χ0n) is 16.9. The third-order valence-corrected chi connectivity index (χ3v) is 6.40. The molecule has 0 atom stereocenters. The van der Waals surface area contributed by atoms with Crippen molar-refractivity contribution in [3.63, 3.8) is 0 Å². The van der Waals surface area contributed by atoms with E-state index in [4.69, 9.17) is 0 Å². The molecule has 1 heterocycles. The van der Waals surface area contributed by atoms with Crippen molar-refractivity contribution < 1.29 is 13.2 Å². The molecule has 0 fully saturated rings. The molecular formula is C23H22N4O3S. The summed E-state index contributed by atoms with van der Waals surface area (Å²) in [6, 6.07) is 22.9. The van der Waals surface area contributed by atoms with Crippen LogP contribution in [0.1, 0.15) is 21.7 Å². The highest BCUT2D eigenvalue weighted by Crippen LogP contribution is 2.15. The minimum Gasteiger partial charge on any atom is -0.345 e. The van der Waals surface area contributed by atoms with Gasteiger partial charge in [0.15, 0.2) is 0 Å². The average Bonchev–Trinajstić information content (AvgIpc) is 3.12. The molecule has 8 heteroatoms. The van der Waals surface area contributed by atoms with E-state index in [1.165, 1.54) is 12.1 Å². The van der Waals surface area contributed by atoms with Crippen molar-refractivity contribution in [3.05, 3.63) is 95.8 Å². The minimum atomic E-state index is -3.75. The van der Waals surface area contributed by atoms with E-state index in [1.807, 2.05) is 66.2 Å². The maximum atomic E-state index is 12.6. The van der Waals surface area contributed by atoms with Gasteiger partial charge in [-0.3, -0.25) is 4.79 Å². The Hall–Kier alpha value is -3.49. The molecule has 31 heavy (non-hydrogen) atoms. The largest absolute Gasteiger partial charge is 0.345 e. The Labute approximate surface area is 180 Å². The Morgan fingerprint density at radius 2 is 1.68 bits per heavy atom. The van der Waals surface area contributed by atoms with Crippen LogP contribution < -0.4 is 10.0 Å². The van der Waals surface area contributed by atoms with Crippen molar-refractivity contribution >= 4 is 27.0 Å². The number of aryl methyl sites for hydroxylation is 1. The number of carbonyl (C=O) groups excluding carboxylic acids is 1. The first kappa shape index (κ1) is 20.8. The molecule has 4 rings (SSSR count). The molecule has 0 saturated heterocycles. The first-order valence-corrected chi connectivity index (χ1v) is 11.2. The maximum Gasteiger partial charge on any atom is 0.251 e. The first-order valence-electron chi connectivity index (χ1n) is 9.76. The molecule has 0 bridgehead atoms. The summed E-state index contributed by atoms with van der Waals surface area (Å²) in [5.41, 5.74) is 2.94. The highest BCUT2D eigenvalue weighted by Gasteiger charge is 2.17. The topological polar surface area (TPSA) is 93.1 Å². The number of para-hydroxylation sites is 2. The highest BCUT2D eigenvalue weighted by atomic mass is 32.2. The molecule has 3 aromatic carbocycles. The molecule has 4 aromatic rings. The summed E-state index contributed by atoms with van der Waals surface area (Å²) < 4.78 is 29.8. The molecule has 0 aliphatic rings. The van der Waals surface area contributed by atoms with Gasteiger partial charge in [0.05, 0.1) is 22.5 Å². The lowest BCUT2D eigenvalue weighted by Crippen LogP contribution is -2.26. The van der Waals surface area contributed by atoms with Crippen LogP contribution in [0.3, 0.4) is 0 Å². The van der Waals surface area contributed by atoms with E-state index in [0.29, 0.717) is 5.82 Å². The van der Waals surface area contributed by atoms with Gasteiger partial charge in [-0.05, 0) is 35.9 Å².